The standard InChI is InChI=1S/C21H21NO2/c1-2-7-20(24-19-11-6-5-10-18(19)22)21(23)17-13-12-15-8-3-4-9-16(15)14-17/h3-6,8-14,20H,2,7,22H2,1H3. The first-order valence-electron chi connectivity index (χ1n) is 8.23. The maximum atomic E-state index is 12.9. The molecule has 1 atom stereocenters. The smallest absolute Gasteiger partial charge is 0.203 e. The van der Waals surface area contributed by atoms with Crippen molar-refractivity contribution in [1.29, 1.82) is 0 Å². The van der Waals surface area contributed by atoms with Gasteiger partial charge in [0.15, 0.2) is 6.10 Å². The molecule has 0 aliphatic rings. The van der Waals surface area contributed by atoms with Gasteiger partial charge in [-0.2, -0.15) is 0 Å². The quantitative estimate of drug-likeness (QED) is 0.522. The number of benzene rings is 3. The Morgan fingerprint density at radius 2 is 1.71 bits per heavy atom. The first-order valence-corrected chi connectivity index (χ1v) is 8.23. The molecule has 0 aromatic heterocycles. The number of para-hydroxylation sites is 2. The number of ketones is 1. The summed E-state index contributed by atoms with van der Waals surface area (Å²) in [6, 6.07) is 21.1. The largest absolute Gasteiger partial charge is 0.480 e. The van der Waals surface area contributed by atoms with Crippen molar-refractivity contribution in [3.8, 4) is 5.75 Å². The van der Waals surface area contributed by atoms with Gasteiger partial charge >= 0.3 is 0 Å². The highest BCUT2D eigenvalue weighted by Crippen LogP contribution is 2.24. The molecule has 122 valence electrons. The van der Waals surface area contributed by atoms with E-state index in [0.29, 0.717) is 23.4 Å². The fourth-order valence-corrected chi connectivity index (χ4v) is 2.78. The van der Waals surface area contributed by atoms with E-state index < -0.39 is 6.10 Å². The van der Waals surface area contributed by atoms with Crippen molar-refractivity contribution >= 4 is 22.2 Å². The third kappa shape index (κ3) is 3.40. The molecular weight excluding hydrogens is 298 g/mol. The van der Waals surface area contributed by atoms with Gasteiger partial charge in [-0.3, -0.25) is 4.79 Å². The Bertz CT molecular complexity index is 857. The summed E-state index contributed by atoms with van der Waals surface area (Å²) in [7, 11) is 0. The van der Waals surface area contributed by atoms with Gasteiger partial charge in [0.25, 0.3) is 0 Å². The van der Waals surface area contributed by atoms with Crippen LogP contribution in [0.5, 0.6) is 5.75 Å². The van der Waals surface area contributed by atoms with Crippen LogP contribution in [-0.4, -0.2) is 11.9 Å². The van der Waals surface area contributed by atoms with Crippen LogP contribution >= 0.6 is 0 Å². The lowest BCUT2D eigenvalue weighted by Gasteiger charge is -2.19. The van der Waals surface area contributed by atoms with Crippen molar-refractivity contribution in [3.63, 3.8) is 0 Å². The third-order valence-corrected chi connectivity index (χ3v) is 4.07. The topological polar surface area (TPSA) is 52.3 Å². The van der Waals surface area contributed by atoms with Crippen LogP contribution in [0, 0.1) is 0 Å². The number of carbonyl (C=O) groups is 1. The van der Waals surface area contributed by atoms with Crippen LogP contribution in [0.15, 0.2) is 66.7 Å². The molecule has 3 rings (SSSR count). The second-order valence-corrected chi connectivity index (χ2v) is 5.86. The summed E-state index contributed by atoms with van der Waals surface area (Å²) in [5, 5.41) is 2.17. The molecule has 0 bridgehead atoms. The zero-order valence-corrected chi connectivity index (χ0v) is 13.7. The number of carbonyl (C=O) groups excluding carboxylic acids is 1. The van der Waals surface area contributed by atoms with E-state index >= 15 is 0 Å². The molecular formula is C21H21NO2. The molecule has 3 aromatic rings. The molecule has 0 saturated carbocycles. The van der Waals surface area contributed by atoms with Crippen molar-refractivity contribution in [3.05, 3.63) is 72.3 Å². The van der Waals surface area contributed by atoms with Gasteiger partial charge in [-0.15, -0.1) is 0 Å². The zero-order valence-electron chi connectivity index (χ0n) is 13.7. The summed E-state index contributed by atoms with van der Waals surface area (Å²) in [4.78, 5) is 12.9. The molecule has 2 N–H and O–H groups in total. The average molecular weight is 319 g/mol. The Hall–Kier alpha value is -2.81. The van der Waals surface area contributed by atoms with Gasteiger partial charge in [0.1, 0.15) is 5.75 Å². The summed E-state index contributed by atoms with van der Waals surface area (Å²) in [6.45, 7) is 2.04. The highest BCUT2D eigenvalue weighted by molar-refractivity contribution is 6.02. The summed E-state index contributed by atoms with van der Waals surface area (Å²) in [5.74, 6) is 0.552. The number of Topliss-reactive ketones (excluding diaryl/α,β-unsaturated/α-hetero) is 1. The molecule has 1 unspecified atom stereocenters. The lowest BCUT2D eigenvalue weighted by molar-refractivity contribution is 0.0779. The lowest BCUT2D eigenvalue weighted by atomic mass is 9.99. The molecule has 0 aliphatic heterocycles. The molecule has 3 heteroatoms. The van der Waals surface area contributed by atoms with Gasteiger partial charge in [-0.25, -0.2) is 0 Å². The van der Waals surface area contributed by atoms with Crippen molar-refractivity contribution in [2.24, 2.45) is 0 Å². The maximum Gasteiger partial charge on any atom is 0.203 e. The molecule has 0 heterocycles. The Labute approximate surface area is 142 Å². The van der Waals surface area contributed by atoms with E-state index in [1.807, 2.05) is 61.5 Å². The van der Waals surface area contributed by atoms with Gasteiger partial charge in [0.05, 0.1) is 5.69 Å². The minimum Gasteiger partial charge on any atom is -0.480 e. The monoisotopic (exact) mass is 319 g/mol. The van der Waals surface area contributed by atoms with E-state index in [4.69, 9.17) is 10.5 Å². The van der Waals surface area contributed by atoms with Crippen LogP contribution in [0.4, 0.5) is 5.69 Å². The van der Waals surface area contributed by atoms with Gasteiger partial charge in [0, 0.05) is 5.56 Å². The number of fused-ring (bicyclic) bond motifs is 1. The van der Waals surface area contributed by atoms with Gasteiger partial charge in [0.2, 0.25) is 5.78 Å². The van der Waals surface area contributed by atoms with Crippen LogP contribution < -0.4 is 10.5 Å². The highest BCUT2D eigenvalue weighted by Gasteiger charge is 2.22. The summed E-state index contributed by atoms with van der Waals surface area (Å²) < 4.78 is 5.94. The van der Waals surface area contributed by atoms with Crippen molar-refractivity contribution < 1.29 is 9.53 Å². The first kappa shape index (κ1) is 16.1. The molecule has 0 saturated heterocycles. The number of nitrogens with two attached hydrogens (primary N) is 1. The fraction of sp³-hybridized carbons (Fsp3) is 0.190. The highest BCUT2D eigenvalue weighted by atomic mass is 16.5. The number of hydrogen-bond donors (Lipinski definition) is 1. The van der Waals surface area contributed by atoms with E-state index in [1.165, 1.54) is 0 Å². The molecule has 0 amide bonds. The number of nitrogen functional groups attached to an aromatic ring is 1. The van der Waals surface area contributed by atoms with Gasteiger partial charge in [-0.1, -0.05) is 61.9 Å². The Morgan fingerprint density at radius 1 is 1.00 bits per heavy atom. The number of rotatable bonds is 6. The van der Waals surface area contributed by atoms with Crippen molar-refractivity contribution in [2.75, 3.05) is 5.73 Å². The first-order chi connectivity index (χ1) is 11.7. The molecule has 0 spiro atoms. The van der Waals surface area contributed by atoms with Gasteiger partial charge in [-0.05, 0) is 35.4 Å². The third-order valence-electron chi connectivity index (χ3n) is 4.07. The van der Waals surface area contributed by atoms with E-state index in [9.17, 15) is 4.79 Å². The minimum absolute atomic E-state index is 0.00847. The molecule has 3 aromatic carbocycles. The number of hydrogen-bond acceptors (Lipinski definition) is 3. The normalized spacial score (nSPS) is 12.0. The predicted octanol–water partition coefficient (Wildman–Crippen LogP) is 4.85. The van der Waals surface area contributed by atoms with Crippen molar-refractivity contribution in [2.45, 2.75) is 25.9 Å². The summed E-state index contributed by atoms with van der Waals surface area (Å²) >= 11 is 0. The molecule has 0 radical (unpaired) electrons. The van der Waals surface area contributed by atoms with Crippen molar-refractivity contribution in [1.82, 2.24) is 0 Å². The minimum atomic E-state index is -0.527. The molecule has 3 nitrogen and oxygen atoms in total. The van der Waals surface area contributed by atoms with Crippen LogP contribution in [0.25, 0.3) is 10.8 Å². The second kappa shape index (κ2) is 7.18. The summed E-state index contributed by atoms with van der Waals surface area (Å²) in [5.41, 5.74) is 7.16. The Balaban J connectivity index is 1.89. The van der Waals surface area contributed by atoms with Crippen LogP contribution in [-0.2, 0) is 0 Å². The second-order valence-electron chi connectivity index (χ2n) is 5.86. The Kier molecular flexibility index (Phi) is 4.80. The van der Waals surface area contributed by atoms with Crippen LogP contribution in [0.1, 0.15) is 30.1 Å². The molecule has 24 heavy (non-hydrogen) atoms. The fourth-order valence-electron chi connectivity index (χ4n) is 2.78. The zero-order chi connectivity index (χ0) is 16.9. The Morgan fingerprint density at radius 3 is 2.46 bits per heavy atom. The SMILES string of the molecule is CCCC(Oc1ccccc1N)C(=O)c1ccc2ccccc2c1. The summed E-state index contributed by atoms with van der Waals surface area (Å²) in [6.07, 6.45) is 0.984. The van der Waals surface area contributed by atoms with Gasteiger partial charge < -0.3 is 10.5 Å². The van der Waals surface area contributed by atoms with Crippen LogP contribution in [0.2, 0.25) is 0 Å². The maximum absolute atomic E-state index is 12.9. The van der Waals surface area contributed by atoms with E-state index in [0.717, 1.165) is 17.2 Å². The predicted molar refractivity (Wildman–Crippen MR) is 98.5 cm³/mol. The number of anilines is 1. The van der Waals surface area contributed by atoms with E-state index in [-0.39, 0.29) is 5.78 Å². The molecule has 0 aliphatic carbocycles. The molecule has 0 fully saturated rings. The average Bonchev–Trinajstić information content (AvgIpc) is 2.62. The lowest BCUT2D eigenvalue weighted by Crippen LogP contribution is -2.27. The van der Waals surface area contributed by atoms with Crippen LogP contribution in [0.3, 0.4) is 0 Å². The van der Waals surface area contributed by atoms with E-state index in [1.54, 1.807) is 12.1 Å². The van der Waals surface area contributed by atoms with E-state index in [2.05, 4.69) is 0 Å². The number of ether oxygens (including phenoxy) is 1.